The maximum Gasteiger partial charge on any atom is 0.257 e. The molecular formula is C18H24N2O2. The minimum Gasteiger partial charge on any atom is -0.486 e. The van der Waals surface area contributed by atoms with E-state index in [1.165, 1.54) is 32.2 Å². The lowest BCUT2D eigenvalue weighted by Gasteiger charge is -2.25. The molecule has 1 saturated heterocycles. The van der Waals surface area contributed by atoms with Crippen molar-refractivity contribution in [2.24, 2.45) is 5.92 Å². The van der Waals surface area contributed by atoms with Gasteiger partial charge in [-0.2, -0.15) is 0 Å². The number of carbonyl (C=O) groups excluding carboxylic acids is 1. The zero-order valence-electron chi connectivity index (χ0n) is 13.2. The topological polar surface area (TPSA) is 32.8 Å². The second-order valence-electron chi connectivity index (χ2n) is 7.00. The molecule has 1 amide bonds. The number of para-hydroxylation sites is 1. The molecule has 2 heterocycles. The van der Waals surface area contributed by atoms with E-state index in [0.29, 0.717) is 5.56 Å². The summed E-state index contributed by atoms with van der Waals surface area (Å²) in [6, 6.07) is 7.80. The van der Waals surface area contributed by atoms with E-state index in [1.54, 1.807) is 0 Å². The van der Waals surface area contributed by atoms with Gasteiger partial charge in [0.2, 0.25) is 0 Å². The van der Waals surface area contributed by atoms with Gasteiger partial charge >= 0.3 is 0 Å². The van der Waals surface area contributed by atoms with Gasteiger partial charge in [-0.15, -0.1) is 0 Å². The number of nitrogens with zero attached hydrogens (tertiary/aromatic N) is 2. The quantitative estimate of drug-likeness (QED) is 0.841. The summed E-state index contributed by atoms with van der Waals surface area (Å²) in [4.78, 5) is 17.1. The predicted octanol–water partition coefficient (Wildman–Crippen LogP) is 2.39. The van der Waals surface area contributed by atoms with Crippen molar-refractivity contribution < 1.29 is 9.53 Å². The molecule has 118 valence electrons. The lowest BCUT2D eigenvalue weighted by molar-refractivity contribution is 0.0682. The molecule has 22 heavy (non-hydrogen) atoms. The van der Waals surface area contributed by atoms with Crippen molar-refractivity contribution in [3.05, 3.63) is 29.8 Å². The molecule has 2 fully saturated rings. The van der Waals surface area contributed by atoms with Crippen molar-refractivity contribution >= 4 is 5.91 Å². The number of likely N-dealkylation sites (N-methyl/N-ethyl adjacent to an activating group) is 1. The van der Waals surface area contributed by atoms with Crippen molar-refractivity contribution in [1.82, 2.24) is 9.80 Å². The van der Waals surface area contributed by atoms with Gasteiger partial charge in [0.25, 0.3) is 5.91 Å². The number of hydrogen-bond acceptors (Lipinski definition) is 3. The number of ether oxygens (including phenoxy) is 1. The Morgan fingerprint density at radius 1 is 1.18 bits per heavy atom. The van der Waals surface area contributed by atoms with Crippen LogP contribution in [0.1, 0.15) is 36.0 Å². The molecule has 4 rings (SSSR count). The predicted molar refractivity (Wildman–Crippen MR) is 85.1 cm³/mol. The monoisotopic (exact) mass is 300 g/mol. The average Bonchev–Trinajstić information content (AvgIpc) is 3.15. The Hall–Kier alpha value is -1.55. The highest BCUT2D eigenvalue weighted by atomic mass is 16.5. The first-order valence-corrected chi connectivity index (χ1v) is 8.47. The van der Waals surface area contributed by atoms with Crippen LogP contribution in [-0.4, -0.2) is 54.5 Å². The fourth-order valence-corrected chi connectivity index (χ4v) is 4.28. The smallest absolute Gasteiger partial charge is 0.257 e. The maximum absolute atomic E-state index is 12.7. The zero-order valence-corrected chi connectivity index (χ0v) is 13.2. The fraction of sp³-hybridized carbons (Fsp3) is 0.611. The largest absolute Gasteiger partial charge is 0.486 e. The van der Waals surface area contributed by atoms with Gasteiger partial charge in [-0.05, 0) is 30.9 Å². The molecule has 1 aromatic carbocycles. The minimum atomic E-state index is 0.0887. The summed E-state index contributed by atoms with van der Waals surface area (Å²) >= 11 is 0. The molecule has 1 aliphatic carbocycles. The SMILES string of the molecule is CN1C(=O)c2ccccc2OC2CN(CC3CCCC3)CC21. The summed E-state index contributed by atoms with van der Waals surface area (Å²) in [6.45, 7) is 3.05. The number of benzene rings is 1. The first-order chi connectivity index (χ1) is 10.7. The Kier molecular flexibility index (Phi) is 3.57. The number of amides is 1. The Morgan fingerprint density at radius 2 is 1.95 bits per heavy atom. The van der Waals surface area contributed by atoms with Crippen LogP contribution < -0.4 is 4.74 Å². The van der Waals surface area contributed by atoms with Crippen LogP contribution in [0.25, 0.3) is 0 Å². The van der Waals surface area contributed by atoms with E-state index in [4.69, 9.17) is 4.74 Å². The van der Waals surface area contributed by atoms with Crippen LogP contribution in [0.2, 0.25) is 0 Å². The van der Waals surface area contributed by atoms with Crippen molar-refractivity contribution in [3.63, 3.8) is 0 Å². The van der Waals surface area contributed by atoms with Crippen LogP contribution in [-0.2, 0) is 0 Å². The number of fused-ring (bicyclic) bond motifs is 2. The number of hydrogen-bond donors (Lipinski definition) is 0. The standard InChI is InChI=1S/C18H24N2O2/c1-19-15-11-20(10-13-6-2-3-7-13)12-17(15)22-16-9-5-4-8-14(16)18(19)21/h4-5,8-9,13,15,17H,2-3,6-7,10-12H2,1H3. The normalized spacial score (nSPS) is 29.1. The zero-order chi connectivity index (χ0) is 15.1. The fourth-order valence-electron chi connectivity index (χ4n) is 4.28. The molecular weight excluding hydrogens is 276 g/mol. The maximum atomic E-state index is 12.7. The molecule has 0 bridgehead atoms. The summed E-state index contributed by atoms with van der Waals surface area (Å²) in [5.74, 6) is 1.68. The molecule has 2 atom stereocenters. The highest BCUT2D eigenvalue weighted by Gasteiger charge is 2.42. The Morgan fingerprint density at radius 3 is 2.77 bits per heavy atom. The molecule has 1 aromatic rings. The highest BCUT2D eigenvalue weighted by Crippen LogP contribution is 2.32. The highest BCUT2D eigenvalue weighted by molar-refractivity contribution is 5.97. The van der Waals surface area contributed by atoms with Gasteiger partial charge in [0, 0.05) is 26.7 Å². The van der Waals surface area contributed by atoms with E-state index in [9.17, 15) is 4.79 Å². The Bertz CT molecular complexity index is 568. The second kappa shape index (κ2) is 5.58. The molecule has 2 unspecified atom stereocenters. The van der Waals surface area contributed by atoms with Gasteiger partial charge < -0.3 is 9.64 Å². The lowest BCUT2D eigenvalue weighted by atomic mass is 10.1. The molecule has 0 spiro atoms. The number of carbonyl (C=O) groups is 1. The minimum absolute atomic E-state index is 0.0887. The van der Waals surface area contributed by atoms with Crippen molar-refractivity contribution in [1.29, 1.82) is 0 Å². The number of likely N-dealkylation sites (tertiary alicyclic amines) is 1. The Balaban J connectivity index is 1.53. The van der Waals surface area contributed by atoms with Crippen LogP contribution in [0.15, 0.2) is 24.3 Å². The van der Waals surface area contributed by atoms with Gasteiger partial charge in [-0.3, -0.25) is 9.69 Å². The van der Waals surface area contributed by atoms with Crippen LogP contribution in [0, 0.1) is 5.92 Å². The van der Waals surface area contributed by atoms with Crippen molar-refractivity contribution in [3.8, 4) is 5.75 Å². The van der Waals surface area contributed by atoms with Crippen LogP contribution >= 0.6 is 0 Å². The Labute approximate surface area is 132 Å². The molecule has 1 saturated carbocycles. The van der Waals surface area contributed by atoms with Gasteiger partial charge in [-0.25, -0.2) is 0 Å². The van der Waals surface area contributed by atoms with Gasteiger partial charge in [-0.1, -0.05) is 25.0 Å². The molecule has 2 aliphatic heterocycles. The second-order valence-corrected chi connectivity index (χ2v) is 7.00. The summed E-state index contributed by atoms with van der Waals surface area (Å²) < 4.78 is 6.21. The van der Waals surface area contributed by atoms with Gasteiger partial charge in [0.05, 0.1) is 11.6 Å². The van der Waals surface area contributed by atoms with Crippen molar-refractivity contribution in [2.75, 3.05) is 26.7 Å². The first-order valence-electron chi connectivity index (χ1n) is 8.47. The summed E-state index contributed by atoms with van der Waals surface area (Å²) in [5.41, 5.74) is 0.696. The lowest BCUT2D eigenvalue weighted by Crippen LogP contribution is -2.44. The molecule has 4 heteroatoms. The third-order valence-electron chi connectivity index (χ3n) is 5.52. The van der Waals surface area contributed by atoms with E-state index < -0.39 is 0 Å². The van der Waals surface area contributed by atoms with E-state index >= 15 is 0 Å². The number of rotatable bonds is 2. The van der Waals surface area contributed by atoms with E-state index in [1.807, 2.05) is 36.2 Å². The van der Waals surface area contributed by atoms with Crippen molar-refractivity contribution in [2.45, 2.75) is 37.8 Å². The molecule has 4 nitrogen and oxygen atoms in total. The van der Waals surface area contributed by atoms with Gasteiger partial charge in [0.1, 0.15) is 11.9 Å². The third-order valence-corrected chi connectivity index (χ3v) is 5.52. The van der Waals surface area contributed by atoms with Crippen LogP contribution in [0.5, 0.6) is 5.75 Å². The molecule has 3 aliphatic rings. The summed E-state index contributed by atoms with van der Waals surface area (Å²) in [5, 5.41) is 0. The molecule has 0 aromatic heterocycles. The molecule has 0 radical (unpaired) electrons. The van der Waals surface area contributed by atoms with E-state index in [2.05, 4.69) is 4.90 Å². The first kappa shape index (κ1) is 14.1. The average molecular weight is 300 g/mol. The van der Waals surface area contributed by atoms with Crippen LogP contribution in [0.3, 0.4) is 0 Å². The van der Waals surface area contributed by atoms with Crippen LogP contribution in [0.4, 0.5) is 0 Å². The summed E-state index contributed by atoms with van der Waals surface area (Å²) in [6.07, 6.45) is 5.59. The van der Waals surface area contributed by atoms with Gasteiger partial charge in [0.15, 0.2) is 0 Å². The third kappa shape index (κ3) is 2.39. The molecule has 0 N–H and O–H groups in total. The van der Waals surface area contributed by atoms with E-state index in [-0.39, 0.29) is 18.1 Å². The van der Waals surface area contributed by atoms with E-state index in [0.717, 1.165) is 24.8 Å². The summed E-state index contributed by atoms with van der Waals surface area (Å²) in [7, 11) is 1.92.